The van der Waals surface area contributed by atoms with Gasteiger partial charge in [0.05, 0.1) is 11.7 Å². The second kappa shape index (κ2) is 7.45. The van der Waals surface area contributed by atoms with Crippen LogP contribution in [0.1, 0.15) is 30.6 Å². The predicted molar refractivity (Wildman–Crippen MR) is 80.9 cm³/mol. The van der Waals surface area contributed by atoms with Gasteiger partial charge in [0.25, 0.3) is 0 Å². The van der Waals surface area contributed by atoms with E-state index in [-0.39, 0.29) is 11.9 Å². The number of halogens is 2. The van der Waals surface area contributed by atoms with E-state index in [9.17, 15) is 4.39 Å². The highest BCUT2D eigenvalue weighted by atomic mass is 79.9. The van der Waals surface area contributed by atoms with E-state index in [0.29, 0.717) is 12.0 Å². The van der Waals surface area contributed by atoms with Gasteiger partial charge in [-0.25, -0.2) is 14.4 Å². The number of rotatable bonds is 6. The average Bonchev–Trinajstić information content (AvgIpc) is 2.48. The van der Waals surface area contributed by atoms with Crippen molar-refractivity contribution in [2.24, 2.45) is 0 Å². The minimum absolute atomic E-state index is 0.0123. The lowest BCUT2D eigenvalue weighted by atomic mass is 10.0. The molecule has 0 amide bonds. The normalized spacial score (nSPS) is 12.3. The first kappa shape index (κ1) is 15.1. The van der Waals surface area contributed by atoms with E-state index in [1.54, 1.807) is 12.3 Å². The molecule has 0 saturated carbocycles. The first-order valence-electron chi connectivity index (χ1n) is 6.64. The van der Waals surface area contributed by atoms with Crippen molar-refractivity contribution in [3.8, 4) is 0 Å². The summed E-state index contributed by atoms with van der Waals surface area (Å²) < 4.78 is 14.8. The SMILES string of the molecule is CCCNC(Cc1cc(Br)ccc1F)c1ccncn1. The summed E-state index contributed by atoms with van der Waals surface area (Å²) in [4.78, 5) is 8.20. The van der Waals surface area contributed by atoms with Gasteiger partial charge in [0.2, 0.25) is 0 Å². The van der Waals surface area contributed by atoms with Crippen molar-refractivity contribution in [1.82, 2.24) is 15.3 Å². The second-order valence-corrected chi connectivity index (χ2v) is 5.50. The van der Waals surface area contributed by atoms with Crippen molar-refractivity contribution in [3.05, 3.63) is 58.3 Å². The summed E-state index contributed by atoms with van der Waals surface area (Å²) >= 11 is 3.38. The maximum absolute atomic E-state index is 13.9. The van der Waals surface area contributed by atoms with Gasteiger partial charge in [0.15, 0.2) is 0 Å². The highest BCUT2D eigenvalue weighted by molar-refractivity contribution is 9.10. The van der Waals surface area contributed by atoms with Crippen LogP contribution in [-0.4, -0.2) is 16.5 Å². The van der Waals surface area contributed by atoms with Crippen LogP contribution < -0.4 is 5.32 Å². The molecule has 1 atom stereocenters. The van der Waals surface area contributed by atoms with Crippen molar-refractivity contribution < 1.29 is 4.39 Å². The highest BCUT2D eigenvalue weighted by Gasteiger charge is 2.15. The molecule has 20 heavy (non-hydrogen) atoms. The Kier molecular flexibility index (Phi) is 5.61. The number of benzene rings is 1. The van der Waals surface area contributed by atoms with E-state index in [0.717, 1.165) is 23.1 Å². The van der Waals surface area contributed by atoms with E-state index < -0.39 is 0 Å². The topological polar surface area (TPSA) is 37.8 Å². The maximum Gasteiger partial charge on any atom is 0.126 e. The lowest BCUT2D eigenvalue weighted by Crippen LogP contribution is -2.25. The number of aromatic nitrogens is 2. The summed E-state index contributed by atoms with van der Waals surface area (Å²) in [7, 11) is 0. The molecule has 1 unspecified atom stereocenters. The van der Waals surface area contributed by atoms with Crippen LogP contribution in [0.4, 0.5) is 4.39 Å². The van der Waals surface area contributed by atoms with Gasteiger partial charge >= 0.3 is 0 Å². The third kappa shape index (κ3) is 4.08. The molecular formula is C15H17BrFN3. The van der Waals surface area contributed by atoms with E-state index in [4.69, 9.17) is 0 Å². The minimum atomic E-state index is -0.189. The Morgan fingerprint density at radius 2 is 2.20 bits per heavy atom. The van der Waals surface area contributed by atoms with Crippen LogP contribution in [0, 0.1) is 5.82 Å². The second-order valence-electron chi connectivity index (χ2n) is 4.58. The Morgan fingerprint density at radius 1 is 1.35 bits per heavy atom. The lowest BCUT2D eigenvalue weighted by Gasteiger charge is -2.18. The van der Waals surface area contributed by atoms with Gasteiger partial charge in [-0.15, -0.1) is 0 Å². The Morgan fingerprint density at radius 3 is 2.90 bits per heavy atom. The quantitative estimate of drug-likeness (QED) is 0.873. The fourth-order valence-corrected chi connectivity index (χ4v) is 2.44. The van der Waals surface area contributed by atoms with Crippen LogP contribution in [-0.2, 0) is 6.42 Å². The molecule has 2 aromatic rings. The molecule has 1 aromatic heterocycles. The van der Waals surface area contributed by atoms with Crippen LogP contribution in [0.2, 0.25) is 0 Å². The molecule has 0 saturated heterocycles. The molecule has 1 N–H and O–H groups in total. The molecule has 0 radical (unpaired) electrons. The fraction of sp³-hybridized carbons (Fsp3) is 0.333. The molecule has 106 valence electrons. The molecule has 3 nitrogen and oxygen atoms in total. The Bertz CT molecular complexity index is 548. The zero-order chi connectivity index (χ0) is 14.4. The Labute approximate surface area is 126 Å². The van der Waals surface area contributed by atoms with Gasteiger partial charge in [0, 0.05) is 10.7 Å². The van der Waals surface area contributed by atoms with Crippen LogP contribution in [0.3, 0.4) is 0 Å². The number of nitrogens with one attached hydrogen (secondary N) is 1. The van der Waals surface area contributed by atoms with Crippen molar-refractivity contribution >= 4 is 15.9 Å². The highest BCUT2D eigenvalue weighted by Crippen LogP contribution is 2.21. The molecule has 0 spiro atoms. The molecule has 5 heteroatoms. The van der Waals surface area contributed by atoms with Crippen molar-refractivity contribution in [2.75, 3.05) is 6.54 Å². The van der Waals surface area contributed by atoms with Crippen LogP contribution in [0.15, 0.2) is 41.3 Å². The van der Waals surface area contributed by atoms with Crippen LogP contribution >= 0.6 is 15.9 Å². The summed E-state index contributed by atoms with van der Waals surface area (Å²) in [5, 5.41) is 3.41. The van der Waals surface area contributed by atoms with Crippen molar-refractivity contribution in [1.29, 1.82) is 0 Å². The van der Waals surface area contributed by atoms with Gasteiger partial charge in [0.1, 0.15) is 12.1 Å². The lowest BCUT2D eigenvalue weighted by molar-refractivity contribution is 0.502. The summed E-state index contributed by atoms with van der Waals surface area (Å²) in [6.07, 6.45) is 4.80. The first-order valence-corrected chi connectivity index (χ1v) is 7.43. The average molecular weight is 338 g/mol. The zero-order valence-electron chi connectivity index (χ0n) is 11.3. The minimum Gasteiger partial charge on any atom is -0.308 e. The summed E-state index contributed by atoms with van der Waals surface area (Å²) in [5.41, 5.74) is 1.56. The Hall–Kier alpha value is -1.33. The fourth-order valence-electron chi connectivity index (χ4n) is 2.03. The summed E-state index contributed by atoms with van der Waals surface area (Å²) in [6.45, 7) is 2.97. The zero-order valence-corrected chi connectivity index (χ0v) is 12.9. The van der Waals surface area contributed by atoms with Gasteiger partial charge in [-0.3, -0.25) is 0 Å². The number of nitrogens with zero attached hydrogens (tertiary/aromatic N) is 2. The van der Waals surface area contributed by atoms with E-state index in [2.05, 4.69) is 38.1 Å². The van der Waals surface area contributed by atoms with E-state index in [1.807, 2.05) is 12.1 Å². The molecule has 0 bridgehead atoms. The third-order valence-corrected chi connectivity index (χ3v) is 3.53. The molecule has 1 aromatic carbocycles. The number of hydrogen-bond donors (Lipinski definition) is 1. The van der Waals surface area contributed by atoms with Gasteiger partial charge in [-0.05, 0) is 49.2 Å². The van der Waals surface area contributed by atoms with Crippen molar-refractivity contribution in [3.63, 3.8) is 0 Å². The van der Waals surface area contributed by atoms with Gasteiger partial charge in [-0.1, -0.05) is 22.9 Å². The summed E-state index contributed by atoms with van der Waals surface area (Å²) in [6, 6.07) is 6.86. The smallest absolute Gasteiger partial charge is 0.126 e. The maximum atomic E-state index is 13.9. The molecule has 0 aliphatic rings. The summed E-state index contributed by atoms with van der Waals surface area (Å²) in [5.74, 6) is -0.189. The Balaban J connectivity index is 2.21. The molecular weight excluding hydrogens is 321 g/mol. The third-order valence-electron chi connectivity index (χ3n) is 3.03. The molecule has 0 aliphatic heterocycles. The molecule has 0 aliphatic carbocycles. The van der Waals surface area contributed by atoms with E-state index in [1.165, 1.54) is 12.4 Å². The van der Waals surface area contributed by atoms with Crippen LogP contribution in [0.5, 0.6) is 0 Å². The largest absolute Gasteiger partial charge is 0.308 e. The standard InChI is InChI=1S/C15H17BrFN3/c1-2-6-19-15(14-5-7-18-10-20-14)9-11-8-12(16)3-4-13(11)17/h3-5,7-8,10,15,19H,2,6,9H2,1H3. The first-order chi connectivity index (χ1) is 9.70. The molecule has 0 fully saturated rings. The monoisotopic (exact) mass is 337 g/mol. The number of hydrogen-bond acceptors (Lipinski definition) is 3. The van der Waals surface area contributed by atoms with Crippen LogP contribution in [0.25, 0.3) is 0 Å². The molecule has 2 rings (SSSR count). The van der Waals surface area contributed by atoms with Gasteiger partial charge < -0.3 is 5.32 Å². The van der Waals surface area contributed by atoms with Crippen molar-refractivity contribution in [2.45, 2.75) is 25.8 Å². The van der Waals surface area contributed by atoms with Gasteiger partial charge in [-0.2, -0.15) is 0 Å². The molecule has 1 heterocycles. The predicted octanol–water partition coefficient (Wildman–Crippen LogP) is 3.66. The van der Waals surface area contributed by atoms with E-state index >= 15 is 0 Å².